The lowest BCUT2D eigenvalue weighted by molar-refractivity contribution is -0.121. The molecule has 0 radical (unpaired) electrons. The second-order valence-electron chi connectivity index (χ2n) is 3.62. The molecule has 0 spiro atoms. The van der Waals surface area contributed by atoms with Crippen LogP contribution >= 0.6 is 0 Å². The van der Waals surface area contributed by atoms with Crippen molar-refractivity contribution in [3.63, 3.8) is 0 Å². The Kier molecular flexibility index (Phi) is 5.49. The van der Waals surface area contributed by atoms with Gasteiger partial charge >= 0.3 is 0 Å². The number of rotatable bonds is 6. The van der Waals surface area contributed by atoms with Crippen LogP contribution < -0.4 is 10.1 Å². The third-order valence-corrected chi connectivity index (χ3v) is 2.58. The largest absolute Gasteiger partial charge is 0.496 e. The monoisotopic (exact) mass is 237 g/mol. The van der Waals surface area contributed by atoms with E-state index in [-0.39, 0.29) is 12.0 Å². The van der Waals surface area contributed by atoms with E-state index in [0.29, 0.717) is 13.0 Å². The van der Waals surface area contributed by atoms with Crippen LogP contribution in [0.4, 0.5) is 0 Å². The fourth-order valence-corrected chi connectivity index (χ4v) is 1.58. The molecule has 0 aromatic heterocycles. The number of carbonyl (C=O) groups is 1. The number of para-hydroxylation sites is 1. The zero-order valence-corrected chi connectivity index (χ0v) is 10.5. The van der Waals surface area contributed by atoms with Gasteiger partial charge in [0.05, 0.1) is 7.11 Å². The molecule has 0 fully saturated rings. The third-order valence-electron chi connectivity index (χ3n) is 2.58. The minimum Gasteiger partial charge on any atom is -0.496 e. The van der Waals surface area contributed by atoms with Crippen molar-refractivity contribution in [2.24, 2.45) is 0 Å². The van der Waals surface area contributed by atoms with E-state index >= 15 is 0 Å². The molecule has 0 saturated carbocycles. The first-order chi connectivity index (χ1) is 8.22. The van der Waals surface area contributed by atoms with Gasteiger partial charge in [0.15, 0.2) is 0 Å². The van der Waals surface area contributed by atoms with Crippen LogP contribution in [0.25, 0.3) is 0 Å². The lowest BCUT2D eigenvalue weighted by Gasteiger charge is -2.18. The van der Waals surface area contributed by atoms with Crippen LogP contribution in [0, 0.1) is 0 Å². The van der Waals surface area contributed by atoms with Crippen LogP contribution in [-0.2, 0) is 9.53 Å². The Labute approximate surface area is 102 Å². The predicted octanol–water partition coefficient (Wildman–Crippen LogP) is 1.91. The second kappa shape index (κ2) is 6.91. The quantitative estimate of drug-likeness (QED) is 0.822. The number of hydrogen-bond acceptors (Lipinski definition) is 3. The molecule has 0 heterocycles. The second-order valence-corrected chi connectivity index (χ2v) is 3.62. The zero-order valence-electron chi connectivity index (χ0n) is 10.5. The normalized spacial score (nSPS) is 11.9. The van der Waals surface area contributed by atoms with Gasteiger partial charge in [-0.1, -0.05) is 25.1 Å². The van der Waals surface area contributed by atoms with E-state index in [1.165, 1.54) is 0 Å². The molecule has 1 aromatic rings. The van der Waals surface area contributed by atoms with Crippen molar-refractivity contribution < 1.29 is 14.3 Å². The molecular formula is C13H19NO3. The molecule has 0 aliphatic rings. The Balaban J connectivity index is 2.75. The number of amides is 1. The molecule has 94 valence electrons. The van der Waals surface area contributed by atoms with Crippen LogP contribution in [0.1, 0.15) is 25.0 Å². The van der Waals surface area contributed by atoms with E-state index in [9.17, 15) is 4.79 Å². The molecule has 4 heteroatoms. The molecule has 0 unspecified atom stereocenters. The molecule has 1 N–H and O–H groups in total. The molecule has 1 aromatic carbocycles. The van der Waals surface area contributed by atoms with Crippen molar-refractivity contribution in [2.75, 3.05) is 20.8 Å². The van der Waals surface area contributed by atoms with Gasteiger partial charge in [0.2, 0.25) is 5.91 Å². The first-order valence-corrected chi connectivity index (χ1v) is 5.65. The highest BCUT2D eigenvalue weighted by atomic mass is 16.5. The molecule has 0 aliphatic carbocycles. The Morgan fingerprint density at radius 2 is 2.06 bits per heavy atom. The van der Waals surface area contributed by atoms with E-state index in [2.05, 4.69) is 5.32 Å². The third kappa shape index (κ3) is 3.75. The highest BCUT2D eigenvalue weighted by Crippen LogP contribution is 2.26. The SMILES string of the molecule is CCC(=O)NC[C@@H](OC)c1ccccc1OC. The van der Waals surface area contributed by atoms with Crippen molar-refractivity contribution in [3.8, 4) is 5.75 Å². The van der Waals surface area contributed by atoms with Crippen molar-refractivity contribution in [1.82, 2.24) is 5.32 Å². The summed E-state index contributed by atoms with van der Waals surface area (Å²) in [7, 11) is 3.24. The maximum Gasteiger partial charge on any atom is 0.219 e. The summed E-state index contributed by atoms with van der Waals surface area (Å²) in [5.41, 5.74) is 0.939. The number of benzene rings is 1. The number of hydrogen-bond donors (Lipinski definition) is 1. The number of ether oxygens (including phenoxy) is 2. The highest BCUT2D eigenvalue weighted by molar-refractivity contribution is 5.75. The smallest absolute Gasteiger partial charge is 0.219 e. The maximum atomic E-state index is 11.2. The Bertz CT molecular complexity index is 365. The van der Waals surface area contributed by atoms with Gasteiger partial charge in [-0.15, -0.1) is 0 Å². The van der Waals surface area contributed by atoms with Crippen LogP contribution in [-0.4, -0.2) is 26.7 Å². The van der Waals surface area contributed by atoms with Crippen molar-refractivity contribution in [2.45, 2.75) is 19.4 Å². The molecule has 0 saturated heterocycles. The Hall–Kier alpha value is -1.55. The van der Waals surface area contributed by atoms with Gasteiger partial charge in [-0.25, -0.2) is 0 Å². The number of nitrogens with one attached hydrogen (secondary N) is 1. The van der Waals surface area contributed by atoms with Gasteiger partial charge in [0.1, 0.15) is 11.9 Å². The van der Waals surface area contributed by atoms with Gasteiger partial charge < -0.3 is 14.8 Å². The molecule has 4 nitrogen and oxygen atoms in total. The van der Waals surface area contributed by atoms with Gasteiger partial charge in [-0.2, -0.15) is 0 Å². The first-order valence-electron chi connectivity index (χ1n) is 5.65. The lowest BCUT2D eigenvalue weighted by Crippen LogP contribution is -2.28. The summed E-state index contributed by atoms with van der Waals surface area (Å²) in [6, 6.07) is 7.64. The number of carbonyl (C=O) groups excluding carboxylic acids is 1. The van der Waals surface area contributed by atoms with Gasteiger partial charge in [-0.05, 0) is 6.07 Å². The summed E-state index contributed by atoms with van der Waals surface area (Å²) in [6.07, 6.45) is 0.282. The molecule has 1 atom stereocenters. The van der Waals surface area contributed by atoms with Gasteiger partial charge in [0.25, 0.3) is 0 Å². The van der Waals surface area contributed by atoms with E-state index in [0.717, 1.165) is 11.3 Å². The first kappa shape index (κ1) is 13.5. The lowest BCUT2D eigenvalue weighted by atomic mass is 10.1. The van der Waals surface area contributed by atoms with Crippen LogP contribution in [0.5, 0.6) is 5.75 Å². The molecular weight excluding hydrogens is 218 g/mol. The fraction of sp³-hybridized carbons (Fsp3) is 0.462. The van der Waals surface area contributed by atoms with Crippen molar-refractivity contribution >= 4 is 5.91 Å². The van der Waals surface area contributed by atoms with Gasteiger partial charge in [-0.3, -0.25) is 4.79 Å². The standard InChI is InChI=1S/C13H19NO3/c1-4-13(15)14-9-12(17-3)10-7-5-6-8-11(10)16-2/h5-8,12H,4,9H2,1-3H3,(H,14,15)/t12-/m1/s1. The zero-order chi connectivity index (χ0) is 12.7. The van der Waals surface area contributed by atoms with Crippen LogP contribution in [0.3, 0.4) is 0 Å². The van der Waals surface area contributed by atoms with Crippen molar-refractivity contribution in [1.29, 1.82) is 0 Å². The fourth-order valence-electron chi connectivity index (χ4n) is 1.58. The minimum atomic E-state index is -0.193. The van der Waals surface area contributed by atoms with Crippen LogP contribution in [0.2, 0.25) is 0 Å². The molecule has 0 bridgehead atoms. The molecule has 17 heavy (non-hydrogen) atoms. The maximum absolute atomic E-state index is 11.2. The van der Waals surface area contributed by atoms with Gasteiger partial charge in [0, 0.05) is 25.6 Å². The highest BCUT2D eigenvalue weighted by Gasteiger charge is 2.15. The molecule has 1 rings (SSSR count). The summed E-state index contributed by atoms with van der Waals surface area (Å²) in [6.45, 7) is 2.27. The Morgan fingerprint density at radius 3 is 2.65 bits per heavy atom. The summed E-state index contributed by atoms with van der Waals surface area (Å²) < 4.78 is 10.6. The van der Waals surface area contributed by atoms with E-state index < -0.39 is 0 Å². The summed E-state index contributed by atoms with van der Waals surface area (Å²) >= 11 is 0. The number of methoxy groups -OCH3 is 2. The van der Waals surface area contributed by atoms with Crippen LogP contribution in [0.15, 0.2) is 24.3 Å². The minimum absolute atomic E-state index is 0.0157. The summed E-state index contributed by atoms with van der Waals surface area (Å²) in [4.78, 5) is 11.2. The van der Waals surface area contributed by atoms with E-state index in [1.54, 1.807) is 14.2 Å². The van der Waals surface area contributed by atoms with E-state index in [4.69, 9.17) is 9.47 Å². The topological polar surface area (TPSA) is 47.6 Å². The van der Waals surface area contributed by atoms with Crippen molar-refractivity contribution in [3.05, 3.63) is 29.8 Å². The molecule has 0 aliphatic heterocycles. The molecule has 1 amide bonds. The average Bonchev–Trinajstić information content (AvgIpc) is 2.39. The average molecular weight is 237 g/mol. The predicted molar refractivity (Wildman–Crippen MR) is 66.0 cm³/mol. The summed E-state index contributed by atoms with van der Waals surface area (Å²) in [5, 5.41) is 2.81. The summed E-state index contributed by atoms with van der Waals surface area (Å²) in [5.74, 6) is 0.784. The van der Waals surface area contributed by atoms with E-state index in [1.807, 2.05) is 31.2 Å². The Morgan fingerprint density at radius 1 is 1.35 bits per heavy atom.